The molecule has 0 unspecified atom stereocenters. The van der Waals surface area contributed by atoms with E-state index in [0.29, 0.717) is 69.7 Å². The second kappa shape index (κ2) is 29.5. The minimum absolute atomic E-state index is 0.121. The Morgan fingerprint density at radius 2 is 1.41 bits per heavy atom. The first-order chi connectivity index (χ1) is 42.3. The number of amides is 8. The number of nitrogens with two attached hydrogens (primary N) is 1. The zero-order chi connectivity index (χ0) is 66.2. The minimum Gasteiger partial charge on any atom is -0.504 e. The van der Waals surface area contributed by atoms with Gasteiger partial charge in [0, 0.05) is 54.6 Å². The summed E-state index contributed by atoms with van der Waals surface area (Å²) in [5.41, 5.74) is 6.06. The largest absolute Gasteiger partial charge is 0.504 e. The molecular formula is C56H71N9O24S. The highest BCUT2D eigenvalue weighted by Gasteiger charge is 2.51. The number of hydrogen-bond donors (Lipinski definition) is 17. The number of rotatable bonds is 18. The fourth-order valence-corrected chi connectivity index (χ4v) is 10.7. The van der Waals surface area contributed by atoms with Crippen molar-refractivity contribution in [3.05, 3.63) is 83.9 Å². The number of phenols is 1. The van der Waals surface area contributed by atoms with E-state index in [9.17, 15) is 102 Å². The maximum absolute atomic E-state index is 14.7. The highest BCUT2D eigenvalue weighted by atomic mass is 32.3. The van der Waals surface area contributed by atoms with Crippen molar-refractivity contribution < 1.29 is 116 Å². The van der Waals surface area contributed by atoms with Gasteiger partial charge >= 0.3 is 10.4 Å². The molecule has 0 aliphatic carbocycles. The van der Waals surface area contributed by atoms with Crippen molar-refractivity contribution >= 4 is 57.7 Å². The fourth-order valence-electron chi connectivity index (χ4n) is 10.4. The van der Waals surface area contributed by atoms with Gasteiger partial charge in [0.1, 0.15) is 66.0 Å². The van der Waals surface area contributed by atoms with Crippen LogP contribution in [0.4, 0.5) is 0 Å². The third-order valence-corrected chi connectivity index (χ3v) is 15.6. The van der Waals surface area contributed by atoms with E-state index in [0.717, 1.165) is 13.0 Å². The van der Waals surface area contributed by atoms with Gasteiger partial charge in [-0.25, -0.2) is 0 Å². The van der Waals surface area contributed by atoms with Gasteiger partial charge in [0.25, 0.3) is 5.91 Å². The molecule has 18 N–H and O–H groups in total. The molecule has 8 amide bonds. The van der Waals surface area contributed by atoms with Crippen molar-refractivity contribution in [3.63, 3.8) is 0 Å². The van der Waals surface area contributed by atoms with E-state index in [2.05, 4.69) is 25.3 Å². The molecule has 0 bridgehead atoms. The molecule has 0 saturated carbocycles. The van der Waals surface area contributed by atoms with Crippen molar-refractivity contribution in [2.45, 2.75) is 144 Å². The third-order valence-electron chi connectivity index (χ3n) is 15.2. The third kappa shape index (κ3) is 17.1. The predicted octanol–water partition coefficient (Wildman–Crippen LogP) is -4.93. The van der Waals surface area contributed by atoms with Crippen molar-refractivity contribution in [1.29, 1.82) is 0 Å². The lowest BCUT2D eigenvalue weighted by molar-refractivity contribution is -0.149. The van der Waals surface area contributed by atoms with Crippen molar-refractivity contribution in [3.8, 4) is 39.8 Å². The molecule has 34 heteroatoms. The number of aliphatic hydroxyl groups excluding tert-OH is 9. The Kier molecular flexibility index (Phi) is 22.6. The van der Waals surface area contributed by atoms with Crippen LogP contribution in [0.25, 0.3) is 22.6 Å². The van der Waals surface area contributed by atoms with Gasteiger partial charge in [0.05, 0.1) is 43.5 Å². The average Bonchev–Trinajstić information content (AvgIpc) is 1.65. The molecule has 3 aliphatic heterocycles. The first-order valence-electron chi connectivity index (χ1n) is 28.2. The maximum Gasteiger partial charge on any atom is 0.446 e. The Labute approximate surface area is 512 Å². The van der Waals surface area contributed by atoms with Crippen molar-refractivity contribution in [2.75, 3.05) is 19.7 Å². The molecule has 1 aromatic heterocycles. The van der Waals surface area contributed by atoms with Gasteiger partial charge in [-0.2, -0.15) is 8.42 Å². The normalized spacial score (nSPS) is 26.7. The van der Waals surface area contributed by atoms with Gasteiger partial charge in [-0.1, -0.05) is 30.3 Å². The molecular weight excluding hydrogens is 1210 g/mol. The van der Waals surface area contributed by atoms with Crippen molar-refractivity contribution in [1.82, 2.24) is 41.5 Å². The molecule has 3 aliphatic rings. The summed E-state index contributed by atoms with van der Waals surface area (Å²) in [6.45, 7) is 3.14. The van der Waals surface area contributed by atoms with Crippen LogP contribution in [0.15, 0.2) is 77.3 Å². The number of ether oxygens (including phenoxy) is 1. The number of carbonyl (C=O) groups is 8. The Morgan fingerprint density at radius 3 is 2.04 bits per heavy atom. The van der Waals surface area contributed by atoms with Crippen LogP contribution in [0.2, 0.25) is 0 Å². The van der Waals surface area contributed by atoms with Gasteiger partial charge < -0.3 is 107 Å². The first-order valence-corrected chi connectivity index (χ1v) is 29.5. The molecule has 0 radical (unpaired) electrons. The highest BCUT2D eigenvalue weighted by molar-refractivity contribution is 7.81. The lowest BCUT2D eigenvalue weighted by atomic mass is 9.96. The fraction of sp³-hybridized carbons (Fsp3) is 0.482. The number of aromatic hydroxyl groups is 1. The smallest absolute Gasteiger partial charge is 0.446 e. The second-order valence-electron chi connectivity index (χ2n) is 22.2. The quantitative estimate of drug-likeness (QED) is 0.0328. The molecule has 4 heterocycles. The van der Waals surface area contributed by atoms with E-state index in [1.165, 1.54) is 31.2 Å². The summed E-state index contributed by atoms with van der Waals surface area (Å²) in [6.07, 6.45) is -19.6. The molecule has 90 heavy (non-hydrogen) atoms. The van der Waals surface area contributed by atoms with Crippen LogP contribution in [0, 0.1) is 5.92 Å². The van der Waals surface area contributed by atoms with Crippen LogP contribution in [-0.4, -0.2) is 231 Å². The molecule has 0 spiro atoms. The average molecular weight is 1290 g/mol. The van der Waals surface area contributed by atoms with Gasteiger partial charge in [-0.05, 0) is 80.8 Å². The molecule has 7 rings (SSSR count). The number of phenolic OH excluding ortho intramolecular Hbond substituents is 1. The summed E-state index contributed by atoms with van der Waals surface area (Å²) < 4.78 is 48.0. The molecule has 4 aromatic rings. The number of primary amides is 1. The molecule has 3 aromatic carbocycles. The number of aliphatic hydroxyl groups is 9. The van der Waals surface area contributed by atoms with E-state index in [4.69, 9.17) is 15.0 Å². The standard InChI is InChI=1S/C56H71N9O24S/c1-24-22-65-45(46(24)73)54(81)62-52(79)38(71)19-34(58-49(76)29-8-6-27(7-9-29)33-20-39(88-63-33)28-10-13-32(14-11-28)87-16-4-5-25(2)66)50(77)59-42(26(3)67)55(82)64-23-31(68)18-35(64)51(78)61-44(53(80)60-43(56(65)83)37(70)21-41(57)72)48(75)47(74)30-12-15-36(69)40(17-30)89-90(84,85)86/h6-15,17,20,24-26,31,34-35,37-38,42-48,52,66-71,73-75,79H,4-5,16,18-19,21-23H2,1-3H3,(H2,57,72)(H,58,76)(H,59,77)(H,60,80)(H,61,78)(H,62,81)(H,84,85,86)/t24-,25-,26+,31+,34-,35-,37+,38+,42-,43-,44-,45-,46-,47-,48-,52+/m0/s1. The summed E-state index contributed by atoms with van der Waals surface area (Å²) in [5.74, 6) is -13.1. The Hall–Kier alpha value is -8.42. The Morgan fingerprint density at radius 1 is 0.778 bits per heavy atom. The molecule has 3 saturated heterocycles. The number of carbonyl (C=O) groups excluding carboxylic acids is 8. The van der Waals surface area contributed by atoms with Gasteiger partial charge in [0.15, 0.2) is 23.5 Å². The summed E-state index contributed by atoms with van der Waals surface area (Å²) in [4.78, 5) is 115. The number of nitrogens with one attached hydrogen (secondary N) is 5. The Bertz CT molecular complexity index is 3370. The van der Waals surface area contributed by atoms with Crippen LogP contribution in [0.5, 0.6) is 17.2 Å². The number of hydrogen-bond acceptors (Lipinski definition) is 24. The van der Waals surface area contributed by atoms with Crippen LogP contribution in [0.3, 0.4) is 0 Å². The minimum atomic E-state index is -5.36. The summed E-state index contributed by atoms with van der Waals surface area (Å²) in [7, 11) is -5.36. The van der Waals surface area contributed by atoms with E-state index in [1.807, 2.05) is 10.6 Å². The number of aromatic nitrogens is 1. The lowest BCUT2D eigenvalue weighted by Gasteiger charge is -2.34. The zero-order valence-electron chi connectivity index (χ0n) is 48.4. The van der Waals surface area contributed by atoms with E-state index < -0.39 is 204 Å². The summed E-state index contributed by atoms with van der Waals surface area (Å²) >= 11 is 0. The molecule has 490 valence electrons. The van der Waals surface area contributed by atoms with Crippen LogP contribution < -0.4 is 41.2 Å². The van der Waals surface area contributed by atoms with Crippen molar-refractivity contribution in [2.24, 2.45) is 11.7 Å². The molecule has 3 fully saturated rings. The van der Waals surface area contributed by atoms with Crippen LogP contribution in [0.1, 0.15) is 74.9 Å². The summed E-state index contributed by atoms with van der Waals surface area (Å²) in [5, 5.41) is 126. The van der Waals surface area contributed by atoms with Crippen LogP contribution in [-0.2, 0) is 44.0 Å². The lowest BCUT2D eigenvalue weighted by Crippen LogP contribution is -2.64. The zero-order valence-corrected chi connectivity index (χ0v) is 49.2. The number of nitrogens with zero attached hydrogens (tertiary/aromatic N) is 3. The van der Waals surface area contributed by atoms with E-state index >= 15 is 0 Å². The number of benzene rings is 3. The predicted molar refractivity (Wildman–Crippen MR) is 305 cm³/mol. The monoisotopic (exact) mass is 1290 g/mol. The number of fused-ring (bicyclic) bond motifs is 2. The summed E-state index contributed by atoms with van der Waals surface area (Å²) in [6, 6.07) is 3.16. The SMILES string of the molecule is C[C@H](O)CCCOc1ccc(-c2cc(-c3ccc(C(=O)N[C@H]4C[C@@H](O)[C@@H](O)NC(=O)[C@@H]5[C@@H](O)[C@@H](C)CN5C(=O)[C@H]([C@H](O)CC(N)=O)NC(=O)[C@H]([C@H](O)[C@@H](O)c5ccc(O)c(OS(=O)(=O)O)c5)NC(=O)[C@@H]5C[C@@H](O)CN5C(=O)[C@H]([C@@H](C)O)NC4=O)cc3)no2)cc1. The van der Waals surface area contributed by atoms with E-state index in [-0.39, 0.29) is 5.56 Å². The highest BCUT2D eigenvalue weighted by Crippen LogP contribution is 2.34. The van der Waals surface area contributed by atoms with Gasteiger partial charge in [-0.3, -0.25) is 42.9 Å². The molecule has 33 nitrogen and oxygen atoms in total. The van der Waals surface area contributed by atoms with E-state index in [1.54, 1.807) is 37.3 Å². The van der Waals surface area contributed by atoms with Crippen LogP contribution >= 0.6 is 0 Å². The van der Waals surface area contributed by atoms with Gasteiger partial charge in [0.2, 0.25) is 41.4 Å². The van der Waals surface area contributed by atoms with Gasteiger partial charge in [-0.15, -0.1) is 0 Å². The Balaban J connectivity index is 1.22. The maximum atomic E-state index is 14.7. The topological polar surface area (TPSA) is 530 Å². The first kappa shape index (κ1) is 69.1. The molecule has 16 atom stereocenters. The second-order valence-corrected chi connectivity index (χ2v) is 23.2.